The van der Waals surface area contributed by atoms with Crippen LogP contribution in [0.15, 0.2) is 24.3 Å². The van der Waals surface area contributed by atoms with E-state index in [2.05, 4.69) is 31.3 Å². The molecule has 0 saturated carbocycles. The summed E-state index contributed by atoms with van der Waals surface area (Å²) in [7, 11) is 0. The minimum Gasteiger partial charge on any atom is -0.530 e. The molecule has 0 aliphatic rings. The lowest BCUT2D eigenvalue weighted by Gasteiger charge is -2.14. The molecule has 1 aromatic carbocycles. The average Bonchev–Trinajstić information content (AvgIpc) is 2.29. The molecule has 0 radical (unpaired) electrons. The zero-order valence-corrected chi connectivity index (χ0v) is 9.82. The molecule has 0 aliphatic carbocycles. The Morgan fingerprint density at radius 3 is 2.62 bits per heavy atom. The molecule has 0 saturated heterocycles. The normalized spacial score (nSPS) is 10.4. The number of nitrogens with one attached hydrogen (secondary N) is 1. The van der Waals surface area contributed by atoms with Crippen molar-refractivity contribution in [2.24, 2.45) is 0 Å². The minimum atomic E-state index is -1.23. The molecular formula is C13H18NO2-. The van der Waals surface area contributed by atoms with E-state index in [1.54, 1.807) is 0 Å². The zero-order valence-electron chi connectivity index (χ0n) is 9.82. The second-order valence-corrected chi connectivity index (χ2v) is 3.90. The Kier molecular flexibility index (Phi) is 4.83. The smallest absolute Gasteiger partial charge is 0.134 e. The van der Waals surface area contributed by atoms with Crippen LogP contribution in [0.2, 0.25) is 0 Å². The van der Waals surface area contributed by atoms with Crippen molar-refractivity contribution in [3.05, 3.63) is 35.4 Å². The van der Waals surface area contributed by atoms with Crippen molar-refractivity contribution < 1.29 is 9.90 Å². The van der Waals surface area contributed by atoms with Gasteiger partial charge in [-0.25, -0.2) is 0 Å². The number of benzene rings is 1. The molecule has 1 N–H and O–H groups in total. The summed E-state index contributed by atoms with van der Waals surface area (Å²) in [4.78, 5) is 10.3. The fraction of sp³-hybridized carbons (Fsp3) is 0.462. The van der Waals surface area contributed by atoms with Gasteiger partial charge in [0.05, 0.1) is 0 Å². The fourth-order valence-corrected chi connectivity index (χ4v) is 1.89. The summed E-state index contributed by atoms with van der Waals surface area (Å²) in [6, 6.07) is 8.05. The van der Waals surface area contributed by atoms with Gasteiger partial charge in [-0.1, -0.05) is 38.1 Å². The second-order valence-electron chi connectivity index (χ2n) is 3.90. The quantitative estimate of drug-likeness (QED) is 0.825. The van der Waals surface area contributed by atoms with E-state index in [0.29, 0.717) is 12.5 Å². The molecule has 3 nitrogen and oxygen atoms in total. The summed E-state index contributed by atoms with van der Waals surface area (Å²) in [5.74, 6) is 0.558. The molecule has 88 valence electrons. The number of rotatable bonds is 5. The van der Waals surface area contributed by atoms with Crippen LogP contribution in [0, 0.1) is 0 Å². The van der Waals surface area contributed by atoms with Crippen LogP contribution in [0.4, 0.5) is 4.79 Å². The highest BCUT2D eigenvalue weighted by Gasteiger charge is 2.06. The highest BCUT2D eigenvalue weighted by atomic mass is 16.4. The molecule has 0 aromatic heterocycles. The Morgan fingerprint density at radius 2 is 2.06 bits per heavy atom. The molecule has 0 aliphatic heterocycles. The SMILES string of the molecule is CCC(CC)c1cccc(CNC(=O)[O-])c1. The topological polar surface area (TPSA) is 52.2 Å². The van der Waals surface area contributed by atoms with E-state index in [0.717, 1.165) is 18.4 Å². The van der Waals surface area contributed by atoms with Crippen LogP contribution in [0.25, 0.3) is 0 Å². The van der Waals surface area contributed by atoms with Crippen LogP contribution in [0.1, 0.15) is 43.7 Å². The first-order valence-corrected chi connectivity index (χ1v) is 5.71. The van der Waals surface area contributed by atoms with Gasteiger partial charge < -0.3 is 15.2 Å². The van der Waals surface area contributed by atoms with Gasteiger partial charge >= 0.3 is 0 Å². The van der Waals surface area contributed by atoms with E-state index in [1.165, 1.54) is 5.56 Å². The first-order valence-electron chi connectivity index (χ1n) is 5.71. The predicted octanol–water partition coefficient (Wildman–Crippen LogP) is 2.02. The molecule has 0 heterocycles. The van der Waals surface area contributed by atoms with E-state index in [-0.39, 0.29) is 0 Å². The van der Waals surface area contributed by atoms with Crippen molar-refractivity contribution in [1.29, 1.82) is 0 Å². The van der Waals surface area contributed by atoms with Crippen LogP contribution in [-0.4, -0.2) is 6.09 Å². The third-order valence-electron chi connectivity index (χ3n) is 2.84. The average molecular weight is 220 g/mol. The first-order chi connectivity index (χ1) is 7.67. The first kappa shape index (κ1) is 12.6. The van der Waals surface area contributed by atoms with Crippen molar-refractivity contribution in [2.75, 3.05) is 0 Å². The maximum Gasteiger partial charge on any atom is 0.134 e. The van der Waals surface area contributed by atoms with E-state index >= 15 is 0 Å². The number of carbonyl (C=O) groups is 1. The highest BCUT2D eigenvalue weighted by molar-refractivity contribution is 5.61. The Balaban J connectivity index is 2.73. The van der Waals surface area contributed by atoms with Gasteiger partial charge in [0.1, 0.15) is 6.09 Å². The Hall–Kier alpha value is -1.51. The van der Waals surface area contributed by atoms with Crippen LogP contribution < -0.4 is 10.4 Å². The second kappa shape index (κ2) is 6.16. The van der Waals surface area contributed by atoms with E-state index in [9.17, 15) is 9.90 Å². The Bertz CT molecular complexity index is 346. The lowest BCUT2D eigenvalue weighted by molar-refractivity contribution is -0.251. The van der Waals surface area contributed by atoms with Crippen molar-refractivity contribution in [1.82, 2.24) is 5.32 Å². The van der Waals surface area contributed by atoms with Crippen molar-refractivity contribution in [3.8, 4) is 0 Å². The zero-order chi connectivity index (χ0) is 12.0. The molecule has 1 rings (SSSR count). The van der Waals surface area contributed by atoms with Crippen molar-refractivity contribution in [3.63, 3.8) is 0 Å². The summed E-state index contributed by atoms with van der Waals surface area (Å²) in [5, 5.41) is 12.6. The summed E-state index contributed by atoms with van der Waals surface area (Å²) < 4.78 is 0. The summed E-state index contributed by atoms with van der Waals surface area (Å²) in [6.45, 7) is 4.65. The van der Waals surface area contributed by atoms with E-state index < -0.39 is 6.09 Å². The number of amides is 1. The van der Waals surface area contributed by atoms with Gasteiger partial charge in [-0.2, -0.15) is 0 Å². The summed E-state index contributed by atoms with van der Waals surface area (Å²) in [6.07, 6.45) is 0.981. The largest absolute Gasteiger partial charge is 0.530 e. The van der Waals surface area contributed by atoms with Gasteiger partial charge in [0.2, 0.25) is 0 Å². The minimum absolute atomic E-state index is 0.316. The van der Waals surface area contributed by atoms with Gasteiger partial charge in [0.25, 0.3) is 0 Å². The van der Waals surface area contributed by atoms with Gasteiger partial charge in [-0.15, -0.1) is 0 Å². The van der Waals surface area contributed by atoms with Crippen molar-refractivity contribution >= 4 is 6.09 Å². The van der Waals surface area contributed by atoms with Gasteiger partial charge in [0.15, 0.2) is 0 Å². The molecule has 0 fully saturated rings. The molecule has 1 amide bonds. The van der Waals surface area contributed by atoms with Gasteiger partial charge in [0, 0.05) is 6.54 Å². The standard InChI is InChI=1S/C13H19NO2/c1-3-11(4-2)12-7-5-6-10(8-12)9-14-13(15)16/h5-8,11,14H,3-4,9H2,1-2H3,(H,15,16)/p-1. The molecular weight excluding hydrogens is 202 g/mol. The summed E-state index contributed by atoms with van der Waals surface area (Å²) in [5.41, 5.74) is 2.26. The number of carboxylic acid groups (broad SMARTS) is 1. The van der Waals surface area contributed by atoms with E-state index in [1.807, 2.05) is 12.1 Å². The molecule has 0 spiro atoms. The number of hydrogen-bond acceptors (Lipinski definition) is 2. The molecule has 16 heavy (non-hydrogen) atoms. The number of carbonyl (C=O) groups excluding carboxylic acids is 1. The molecule has 1 aromatic rings. The van der Waals surface area contributed by atoms with Crippen LogP contribution in [0.5, 0.6) is 0 Å². The Labute approximate surface area is 96.5 Å². The van der Waals surface area contributed by atoms with E-state index in [4.69, 9.17) is 0 Å². The maximum atomic E-state index is 10.3. The van der Waals surface area contributed by atoms with Crippen LogP contribution in [-0.2, 0) is 6.54 Å². The monoisotopic (exact) mass is 220 g/mol. The predicted molar refractivity (Wildman–Crippen MR) is 62.0 cm³/mol. The fourth-order valence-electron chi connectivity index (χ4n) is 1.89. The van der Waals surface area contributed by atoms with Crippen molar-refractivity contribution in [2.45, 2.75) is 39.2 Å². The van der Waals surface area contributed by atoms with Gasteiger partial charge in [-0.05, 0) is 29.9 Å². The lowest BCUT2D eigenvalue weighted by Crippen LogP contribution is -2.35. The lowest BCUT2D eigenvalue weighted by atomic mass is 9.93. The molecule has 0 unspecified atom stereocenters. The third kappa shape index (κ3) is 3.57. The maximum absolute atomic E-state index is 10.3. The molecule has 3 heteroatoms. The van der Waals surface area contributed by atoms with Crippen LogP contribution in [0.3, 0.4) is 0 Å². The third-order valence-corrected chi connectivity index (χ3v) is 2.84. The molecule has 0 atom stereocenters. The van der Waals surface area contributed by atoms with Crippen LogP contribution >= 0.6 is 0 Å². The highest BCUT2D eigenvalue weighted by Crippen LogP contribution is 2.23. The number of hydrogen-bond donors (Lipinski definition) is 1. The van der Waals surface area contributed by atoms with Gasteiger partial charge in [-0.3, -0.25) is 0 Å². The Morgan fingerprint density at radius 1 is 1.38 bits per heavy atom. The summed E-state index contributed by atoms with van der Waals surface area (Å²) >= 11 is 0. The molecule has 0 bridgehead atoms.